The van der Waals surface area contributed by atoms with Gasteiger partial charge in [-0.15, -0.1) is 6.58 Å². The molecule has 30 heavy (non-hydrogen) atoms. The molecule has 0 radical (unpaired) electrons. The molecule has 0 aliphatic heterocycles. The van der Waals surface area contributed by atoms with E-state index < -0.39 is 6.10 Å². The molecular formula is C25H33BrO4. The average molecular weight is 477 g/mol. The smallest absolute Gasteiger partial charge is 0.164 e. The van der Waals surface area contributed by atoms with Crippen molar-refractivity contribution in [3.8, 4) is 11.5 Å². The molecule has 0 aliphatic carbocycles. The SMILES string of the molecule is C=C[C@H](C)[C@@H](O)[C@H](C[C@H](C)Cc1cc(Br)cc(OCc2ccccc2)c1OC)OC. The second kappa shape index (κ2) is 12.1. The highest BCUT2D eigenvalue weighted by atomic mass is 79.9. The van der Waals surface area contributed by atoms with Crippen LogP contribution in [0.5, 0.6) is 11.5 Å². The van der Waals surface area contributed by atoms with Gasteiger partial charge in [-0.1, -0.05) is 66.2 Å². The van der Waals surface area contributed by atoms with Gasteiger partial charge < -0.3 is 19.3 Å². The lowest BCUT2D eigenvalue weighted by Crippen LogP contribution is -2.34. The number of methoxy groups -OCH3 is 2. The molecule has 0 bridgehead atoms. The van der Waals surface area contributed by atoms with Gasteiger partial charge in [-0.25, -0.2) is 0 Å². The molecule has 2 rings (SSSR count). The zero-order chi connectivity index (χ0) is 22.1. The summed E-state index contributed by atoms with van der Waals surface area (Å²) >= 11 is 3.60. The Balaban J connectivity index is 2.14. The first-order valence-corrected chi connectivity index (χ1v) is 11.0. The van der Waals surface area contributed by atoms with E-state index in [0.29, 0.717) is 12.4 Å². The maximum absolute atomic E-state index is 10.5. The Bertz CT molecular complexity index is 793. The fourth-order valence-electron chi connectivity index (χ4n) is 3.56. The molecule has 0 heterocycles. The van der Waals surface area contributed by atoms with Crippen molar-refractivity contribution in [1.82, 2.24) is 0 Å². The topological polar surface area (TPSA) is 47.9 Å². The third-order valence-electron chi connectivity index (χ3n) is 5.34. The van der Waals surface area contributed by atoms with Gasteiger partial charge in [0.15, 0.2) is 11.5 Å². The first-order valence-electron chi connectivity index (χ1n) is 10.3. The molecule has 1 N–H and O–H groups in total. The van der Waals surface area contributed by atoms with Crippen molar-refractivity contribution in [3.63, 3.8) is 0 Å². The number of hydrogen-bond acceptors (Lipinski definition) is 4. The summed E-state index contributed by atoms with van der Waals surface area (Å²) in [5, 5.41) is 10.5. The van der Waals surface area contributed by atoms with Crippen molar-refractivity contribution >= 4 is 15.9 Å². The van der Waals surface area contributed by atoms with Crippen LogP contribution in [0.1, 0.15) is 31.4 Å². The first kappa shape index (κ1) is 24.4. The number of aliphatic hydroxyl groups excluding tert-OH is 1. The van der Waals surface area contributed by atoms with E-state index in [2.05, 4.69) is 35.5 Å². The third kappa shape index (κ3) is 6.86. The molecule has 164 valence electrons. The van der Waals surface area contributed by atoms with E-state index in [1.807, 2.05) is 43.3 Å². The van der Waals surface area contributed by atoms with Gasteiger partial charge in [0, 0.05) is 17.5 Å². The summed E-state index contributed by atoms with van der Waals surface area (Å²) in [6, 6.07) is 14.1. The van der Waals surface area contributed by atoms with E-state index in [1.54, 1.807) is 20.3 Å². The lowest BCUT2D eigenvalue weighted by atomic mass is 9.89. The number of rotatable bonds is 12. The molecular weight excluding hydrogens is 444 g/mol. The minimum atomic E-state index is -0.580. The standard InChI is InChI=1S/C25H33BrO4/c1-6-18(3)24(27)22(28-4)13-17(2)12-20-14-21(26)15-23(25(20)29-5)30-16-19-10-8-7-9-11-19/h6-11,14-15,17-18,22,24,27H,1,12-13,16H2,2-5H3/t17-,18+,22+,24-/m1/s1. The molecule has 0 saturated carbocycles. The van der Waals surface area contributed by atoms with Gasteiger partial charge in [-0.05, 0) is 42.0 Å². The van der Waals surface area contributed by atoms with Gasteiger partial charge in [0.25, 0.3) is 0 Å². The normalized spacial score (nSPS) is 15.1. The van der Waals surface area contributed by atoms with Gasteiger partial charge in [0.2, 0.25) is 0 Å². The van der Waals surface area contributed by atoms with E-state index in [9.17, 15) is 5.11 Å². The van der Waals surface area contributed by atoms with Crippen LogP contribution in [-0.4, -0.2) is 31.5 Å². The number of aliphatic hydroxyl groups is 1. The Hall–Kier alpha value is -1.82. The molecule has 0 aliphatic rings. The van der Waals surface area contributed by atoms with Crippen LogP contribution in [-0.2, 0) is 17.8 Å². The fourth-order valence-corrected chi connectivity index (χ4v) is 4.04. The minimum absolute atomic E-state index is 0.0273. The van der Waals surface area contributed by atoms with Crippen LogP contribution in [0.15, 0.2) is 59.6 Å². The molecule has 0 unspecified atom stereocenters. The van der Waals surface area contributed by atoms with Crippen LogP contribution >= 0.6 is 15.9 Å². The molecule has 5 heteroatoms. The number of halogens is 1. The van der Waals surface area contributed by atoms with Crippen molar-refractivity contribution in [2.24, 2.45) is 11.8 Å². The van der Waals surface area contributed by atoms with Crippen molar-refractivity contribution in [1.29, 1.82) is 0 Å². The molecule has 0 amide bonds. The van der Waals surface area contributed by atoms with Crippen molar-refractivity contribution in [2.45, 2.75) is 45.5 Å². The molecule has 4 atom stereocenters. The Morgan fingerprint density at radius 2 is 1.83 bits per heavy atom. The molecule has 2 aromatic carbocycles. The predicted octanol–water partition coefficient (Wildman–Crippen LogP) is 5.80. The number of ether oxygens (including phenoxy) is 3. The zero-order valence-electron chi connectivity index (χ0n) is 18.3. The zero-order valence-corrected chi connectivity index (χ0v) is 19.9. The van der Waals surface area contributed by atoms with Crippen LogP contribution in [0.3, 0.4) is 0 Å². The van der Waals surface area contributed by atoms with Gasteiger partial charge in [-0.2, -0.15) is 0 Å². The Morgan fingerprint density at radius 3 is 2.43 bits per heavy atom. The van der Waals surface area contributed by atoms with E-state index >= 15 is 0 Å². The lowest BCUT2D eigenvalue weighted by molar-refractivity contribution is -0.0393. The van der Waals surface area contributed by atoms with Gasteiger partial charge in [0.05, 0.1) is 19.3 Å². The summed E-state index contributed by atoms with van der Waals surface area (Å²) < 4.78 is 18.3. The summed E-state index contributed by atoms with van der Waals surface area (Å²) in [5.41, 5.74) is 2.16. The summed E-state index contributed by atoms with van der Waals surface area (Å²) in [7, 11) is 3.31. The summed E-state index contributed by atoms with van der Waals surface area (Å²) in [4.78, 5) is 0. The van der Waals surface area contributed by atoms with E-state index in [1.165, 1.54) is 0 Å². The Labute approximate surface area is 189 Å². The van der Waals surface area contributed by atoms with E-state index in [4.69, 9.17) is 14.2 Å². The number of benzene rings is 2. The first-order chi connectivity index (χ1) is 14.4. The molecule has 0 saturated heterocycles. The third-order valence-corrected chi connectivity index (χ3v) is 5.79. The second-order valence-corrected chi connectivity index (χ2v) is 8.69. The highest BCUT2D eigenvalue weighted by molar-refractivity contribution is 9.10. The van der Waals surface area contributed by atoms with E-state index in [-0.39, 0.29) is 17.9 Å². The maximum atomic E-state index is 10.5. The average Bonchev–Trinajstić information content (AvgIpc) is 2.75. The van der Waals surface area contributed by atoms with E-state index in [0.717, 1.165) is 34.2 Å². The molecule has 2 aromatic rings. The maximum Gasteiger partial charge on any atom is 0.164 e. The molecule has 0 spiro atoms. The van der Waals surface area contributed by atoms with Crippen LogP contribution < -0.4 is 9.47 Å². The summed E-state index contributed by atoms with van der Waals surface area (Å²) in [5.74, 6) is 1.70. The summed E-state index contributed by atoms with van der Waals surface area (Å²) in [6.45, 7) is 8.35. The number of hydrogen-bond donors (Lipinski definition) is 1. The van der Waals surface area contributed by atoms with Crippen LogP contribution in [0.2, 0.25) is 0 Å². The predicted molar refractivity (Wildman–Crippen MR) is 125 cm³/mol. The van der Waals surface area contributed by atoms with Gasteiger partial charge in [-0.3, -0.25) is 0 Å². The van der Waals surface area contributed by atoms with Crippen LogP contribution in [0, 0.1) is 11.8 Å². The monoisotopic (exact) mass is 476 g/mol. The fraction of sp³-hybridized carbons (Fsp3) is 0.440. The Kier molecular flexibility index (Phi) is 9.89. The lowest BCUT2D eigenvalue weighted by Gasteiger charge is -2.27. The molecule has 4 nitrogen and oxygen atoms in total. The van der Waals surface area contributed by atoms with Crippen molar-refractivity contribution in [3.05, 3.63) is 70.7 Å². The molecule has 0 fully saturated rings. The highest BCUT2D eigenvalue weighted by Crippen LogP contribution is 2.37. The summed E-state index contributed by atoms with van der Waals surface area (Å²) in [6.07, 6.45) is 2.43. The van der Waals surface area contributed by atoms with Gasteiger partial charge >= 0.3 is 0 Å². The highest BCUT2D eigenvalue weighted by Gasteiger charge is 2.25. The quantitative estimate of drug-likeness (QED) is 0.393. The largest absolute Gasteiger partial charge is 0.493 e. The van der Waals surface area contributed by atoms with Crippen LogP contribution in [0.4, 0.5) is 0 Å². The second-order valence-electron chi connectivity index (χ2n) is 7.78. The van der Waals surface area contributed by atoms with Crippen molar-refractivity contribution in [2.75, 3.05) is 14.2 Å². The van der Waals surface area contributed by atoms with Gasteiger partial charge in [0.1, 0.15) is 6.61 Å². The molecule has 0 aromatic heterocycles. The van der Waals surface area contributed by atoms with Crippen molar-refractivity contribution < 1.29 is 19.3 Å². The van der Waals surface area contributed by atoms with Crippen LogP contribution in [0.25, 0.3) is 0 Å². The minimum Gasteiger partial charge on any atom is -0.493 e. The Morgan fingerprint density at radius 1 is 1.13 bits per heavy atom.